The summed E-state index contributed by atoms with van der Waals surface area (Å²) in [7, 11) is 0. The minimum atomic E-state index is -0.273. The molecule has 1 aliphatic rings. The average molecular weight is 374 g/mol. The number of hydrogen-bond donors (Lipinski definition) is 0. The van der Waals surface area contributed by atoms with E-state index in [1.54, 1.807) is 17.4 Å². The normalized spacial score (nSPS) is 14.5. The zero-order valence-corrected chi connectivity index (χ0v) is 15.5. The first-order chi connectivity index (χ1) is 12.6. The van der Waals surface area contributed by atoms with E-state index >= 15 is 0 Å². The van der Waals surface area contributed by atoms with Gasteiger partial charge in [0.2, 0.25) is 11.8 Å². The molecule has 1 aliphatic heterocycles. The Bertz CT molecular complexity index is 740. The van der Waals surface area contributed by atoms with Crippen LogP contribution in [0.3, 0.4) is 0 Å². The number of hydrogen-bond acceptors (Lipinski definition) is 3. The Hall–Kier alpha value is -2.21. The Labute approximate surface area is 157 Å². The van der Waals surface area contributed by atoms with E-state index in [-0.39, 0.29) is 17.6 Å². The number of thiophene rings is 1. The molecule has 0 radical (unpaired) electrons. The molecule has 0 N–H and O–H groups in total. The summed E-state index contributed by atoms with van der Waals surface area (Å²) < 4.78 is 13.2. The molecule has 0 atom stereocenters. The maximum atomic E-state index is 13.2. The van der Waals surface area contributed by atoms with Crippen LogP contribution < -0.4 is 0 Å². The van der Waals surface area contributed by atoms with Crippen molar-refractivity contribution in [3.63, 3.8) is 0 Å². The Morgan fingerprint density at radius 2 is 1.58 bits per heavy atom. The average Bonchev–Trinajstić information content (AvgIpc) is 3.18. The molecule has 1 aromatic carbocycles. The molecule has 1 aromatic heterocycles. The smallest absolute Gasteiger partial charge is 0.223 e. The van der Waals surface area contributed by atoms with Gasteiger partial charge in [-0.15, -0.1) is 11.3 Å². The highest BCUT2D eigenvalue weighted by atomic mass is 32.1. The van der Waals surface area contributed by atoms with Crippen LogP contribution in [0.4, 0.5) is 4.39 Å². The fourth-order valence-electron chi connectivity index (χ4n) is 3.15. The van der Waals surface area contributed by atoms with Crippen molar-refractivity contribution < 1.29 is 14.0 Å². The third kappa shape index (κ3) is 5.14. The predicted molar refractivity (Wildman–Crippen MR) is 101 cm³/mol. The van der Waals surface area contributed by atoms with Crippen LogP contribution in [0.5, 0.6) is 0 Å². The molecule has 2 aromatic rings. The summed E-state index contributed by atoms with van der Waals surface area (Å²) in [6.07, 6.45) is 2.21. The Morgan fingerprint density at radius 1 is 0.923 bits per heavy atom. The third-order valence-corrected chi connectivity index (χ3v) is 5.60. The first-order valence-electron chi connectivity index (χ1n) is 8.94. The number of aryl methyl sites for hydroxylation is 2. The number of piperazine rings is 1. The maximum absolute atomic E-state index is 13.2. The lowest BCUT2D eigenvalue weighted by Crippen LogP contribution is -2.50. The third-order valence-electron chi connectivity index (χ3n) is 4.67. The minimum absolute atomic E-state index is 0.0694. The molecule has 6 heteroatoms. The summed E-state index contributed by atoms with van der Waals surface area (Å²) in [4.78, 5) is 29.5. The zero-order chi connectivity index (χ0) is 18.4. The molecule has 0 saturated carbocycles. The molecule has 3 rings (SSSR count). The predicted octanol–water partition coefficient (Wildman–Crippen LogP) is 3.12. The highest BCUT2D eigenvalue weighted by Crippen LogP contribution is 2.13. The topological polar surface area (TPSA) is 40.6 Å². The number of benzene rings is 1. The summed E-state index contributed by atoms with van der Waals surface area (Å²) in [5, 5.41) is 2.02. The molecule has 1 saturated heterocycles. The van der Waals surface area contributed by atoms with E-state index in [1.807, 2.05) is 33.4 Å². The first kappa shape index (κ1) is 18.6. The van der Waals surface area contributed by atoms with Crippen LogP contribution >= 0.6 is 11.3 Å². The van der Waals surface area contributed by atoms with Crippen LogP contribution in [0, 0.1) is 5.82 Å². The largest absolute Gasteiger partial charge is 0.339 e. The van der Waals surface area contributed by atoms with Gasteiger partial charge in [-0.3, -0.25) is 9.59 Å². The second kappa shape index (κ2) is 8.94. The lowest BCUT2D eigenvalue weighted by Gasteiger charge is -2.35. The maximum Gasteiger partial charge on any atom is 0.223 e. The van der Waals surface area contributed by atoms with Crippen molar-refractivity contribution in [1.82, 2.24) is 9.80 Å². The standard InChI is InChI=1S/C20H23FN2O2S/c21-17-4-1-3-16(15-17)6-8-19(24)22-10-12-23(13-11-22)20(25)9-7-18-5-2-14-26-18/h1-5,14-15H,6-13H2. The Balaban J connectivity index is 1.39. The highest BCUT2D eigenvalue weighted by molar-refractivity contribution is 7.09. The van der Waals surface area contributed by atoms with Crippen molar-refractivity contribution >= 4 is 23.2 Å². The number of nitrogens with zero attached hydrogens (tertiary/aromatic N) is 2. The van der Waals surface area contributed by atoms with Crippen LogP contribution in [-0.2, 0) is 22.4 Å². The molecule has 0 spiro atoms. The van der Waals surface area contributed by atoms with Crippen molar-refractivity contribution in [2.45, 2.75) is 25.7 Å². The Morgan fingerprint density at radius 3 is 2.15 bits per heavy atom. The van der Waals surface area contributed by atoms with E-state index in [0.29, 0.717) is 45.4 Å². The molecule has 1 fully saturated rings. The molecular formula is C20H23FN2O2S. The number of carbonyl (C=O) groups excluding carboxylic acids is 2. The lowest BCUT2D eigenvalue weighted by atomic mass is 10.1. The number of amides is 2. The van der Waals surface area contributed by atoms with Crippen LogP contribution in [0.15, 0.2) is 41.8 Å². The summed E-state index contributed by atoms with van der Waals surface area (Å²) in [5.41, 5.74) is 0.834. The molecule has 4 nitrogen and oxygen atoms in total. The van der Waals surface area contributed by atoms with Crippen LogP contribution in [0.1, 0.15) is 23.3 Å². The van der Waals surface area contributed by atoms with Gasteiger partial charge in [0.05, 0.1) is 0 Å². The molecular weight excluding hydrogens is 351 g/mol. The van der Waals surface area contributed by atoms with E-state index in [2.05, 4.69) is 0 Å². The molecule has 0 bridgehead atoms. The van der Waals surface area contributed by atoms with Gasteiger partial charge < -0.3 is 9.80 Å². The number of carbonyl (C=O) groups is 2. The summed E-state index contributed by atoms with van der Waals surface area (Å²) in [6.45, 7) is 2.34. The van der Waals surface area contributed by atoms with Gasteiger partial charge in [0.1, 0.15) is 5.82 Å². The number of halogens is 1. The Kier molecular flexibility index (Phi) is 6.39. The minimum Gasteiger partial charge on any atom is -0.339 e. The van der Waals surface area contributed by atoms with Gasteiger partial charge in [-0.25, -0.2) is 4.39 Å². The summed E-state index contributed by atoms with van der Waals surface area (Å²) >= 11 is 1.67. The van der Waals surface area contributed by atoms with Crippen molar-refractivity contribution in [1.29, 1.82) is 0 Å². The monoisotopic (exact) mass is 374 g/mol. The van der Waals surface area contributed by atoms with E-state index in [1.165, 1.54) is 17.0 Å². The fourth-order valence-corrected chi connectivity index (χ4v) is 3.86. The SMILES string of the molecule is O=C(CCc1cccc(F)c1)N1CCN(C(=O)CCc2cccs2)CC1. The molecule has 138 valence electrons. The van der Waals surface area contributed by atoms with Gasteiger partial charge in [-0.05, 0) is 42.0 Å². The highest BCUT2D eigenvalue weighted by Gasteiger charge is 2.23. The van der Waals surface area contributed by atoms with Crippen molar-refractivity contribution in [2.75, 3.05) is 26.2 Å². The second-order valence-electron chi connectivity index (χ2n) is 6.47. The van der Waals surface area contributed by atoms with E-state index in [9.17, 15) is 14.0 Å². The van der Waals surface area contributed by atoms with Gasteiger partial charge in [0.25, 0.3) is 0 Å². The van der Waals surface area contributed by atoms with Gasteiger partial charge in [-0.1, -0.05) is 18.2 Å². The number of rotatable bonds is 6. The van der Waals surface area contributed by atoms with Crippen molar-refractivity contribution in [3.05, 3.63) is 58.0 Å². The quantitative estimate of drug-likeness (QED) is 0.779. The van der Waals surface area contributed by atoms with Gasteiger partial charge in [-0.2, -0.15) is 0 Å². The molecule has 0 aliphatic carbocycles. The fraction of sp³-hybridized carbons (Fsp3) is 0.400. The van der Waals surface area contributed by atoms with Gasteiger partial charge in [0, 0.05) is 43.9 Å². The van der Waals surface area contributed by atoms with E-state index < -0.39 is 0 Å². The molecule has 0 unspecified atom stereocenters. The lowest BCUT2D eigenvalue weighted by molar-refractivity contribution is -0.139. The van der Waals surface area contributed by atoms with Gasteiger partial charge >= 0.3 is 0 Å². The van der Waals surface area contributed by atoms with Crippen LogP contribution in [0.2, 0.25) is 0 Å². The van der Waals surface area contributed by atoms with E-state index in [0.717, 1.165) is 12.0 Å². The molecule has 26 heavy (non-hydrogen) atoms. The second-order valence-corrected chi connectivity index (χ2v) is 7.50. The van der Waals surface area contributed by atoms with Gasteiger partial charge in [0.15, 0.2) is 0 Å². The van der Waals surface area contributed by atoms with Crippen molar-refractivity contribution in [3.8, 4) is 0 Å². The van der Waals surface area contributed by atoms with Crippen molar-refractivity contribution in [2.24, 2.45) is 0 Å². The summed E-state index contributed by atoms with van der Waals surface area (Å²) in [6, 6.07) is 10.4. The zero-order valence-electron chi connectivity index (χ0n) is 14.7. The molecule has 2 heterocycles. The summed E-state index contributed by atoms with van der Waals surface area (Å²) in [5.74, 6) is -0.0465. The molecule has 2 amide bonds. The first-order valence-corrected chi connectivity index (χ1v) is 9.82. The van der Waals surface area contributed by atoms with Crippen LogP contribution in [-0.4, -0.2) is 47.8 Å². The van der Waals surface area contributed by atoms with E-state index in [4.69, 9.17) is 0 Å². The van der Waals surface area contributed by atoms with Crippen LogP contribution in [0.25, 0.3) is 0 Å².